The largest absolute Gasteiger partial charge is 0.488 e. The van der Waals surface area contributed by atoms with Gasteiger partial charge in [0.25, 0.3) is 0 Å². The fraction of sp³-hybridized carbons (Fsp3) is 0.143. The Morgan fingerprint density at radius 3 is 2.83 bits per heavy atom. The molecular formula is C14H12BrO2P. The quantitative estimate of drug-likeness (QED) is 0.802. The number of fused-ring (bicyclic) bond motifs is 1. The Hall–Kier alpha value is -1.05. The SMILES string of the molecule is Brc1ccc(OCc2ccccc2)c2c1OCP2. The van der Waals surface area contributed by atoms with E-state index in [4.69, 9.17) is 9.47 Å². The van der Waals surface area contributed by atoms with Crippen molar-refractivity contribution in [3.05, 3.63) is 52.5 Å². The van der Waals surface area contributed by atoms with Crippen LogP contribution in [0.3, 0.4) is 0 Å². The Bertz CT molecular complexity index is 557. The highest BCUT2D eigenvalue weighted by Gasteiger charge is 2.20. The standard InChI is InChI=1S/C14H12BrO2P/c15-11-6-7-12(14-13(11)17-9-18-14)16-8-10-4-2-1-3-5-10/h1-7,18H,8-9H2. The Balaban J connectivity index is 1.80. The van der Waals surface area contributed by atoms with Crippen LogP contribution in [-0.2, 0) is 6.61 Å². The second kappa shape index (κ2) is 5.29. The van der Waals surface area contributed by atoms with Crippen LogP contribution in [0.15, 0.2) is 46.9 Å². The predicted molar refractivity (Wildman–Crippen MR) is 78.4 cm³/mol. The first kappa shape index (κ1) is 12.0. The van der Waals surface area contributed by atoms with Crippen LogP contribution >= 0.6 is 24.5 Å². The minimum atomic E-state index is 0.597. The van der Waals surface area contributed by atoms with Crippen molar-refractivity contribution in [3.8, 4) is 11.5 Å². The predicted octanol–water partition coefficient (Wildman–Crippen LogP) is 3.68. The molecular weight excluding hydrogens is 311 g/mol. The molecule has 3 rings (SSSR count). The molecule has 2 aromatic rings. The van der Waals surface area contributed by atoms with Gasteiger partial charge in [-0.1, -0.05) is 30.3 Å². The van der Waals surface area contributed by atoms with Gasteiger partial charge in [-0.3, -0.25) is 0 Å². The van der Waals surface area contributed by atoms with E-state index in [-0.39, 0.29) is 0 Å². The van der Waals surface area contributed by atoms with Gasteiger partial charge in [0.1, 0.15) is 24.5 Å². The molecule has 1 heterocycles. The van der Waals surface area contributed by atoms with E-state index in [2.05, 4.69) is 28.1 Å². The van der Waals surface area contributed by atoms with Crippen molar-refractivity contribution in [3.63, 3.8) is 0 Å². The Morgan fingerprint density at radius 1 is 1.17 bits per heavy atom. The molecule has 0 spiro atoms. The molecule has 0 bridgehead atoms. The molecule has 2 nitrogen and oxygen atoms in total. The molecule has 1 aliphatic rings. The van der Waals surface area contributed by atoms with Crippen LogP contribution in [0.1, 0.15) is 5.56 Å². The summed E-state index contributed by atoms with van der Waals surface area (Å²) in [5, 5.41) is 1.19. The summed E-state index contributed by atoms with van der Waals surface area (Å²) in [6.07, 6.45) is 0.764. The number of ether oxygens (including phenoxy) is 2. The highest BCUT2D eigenvalue weighted by molar-refractivity contribution is 9.10. The molecule has 0 N–H and O–H groups in total. The van der Waals surface area contributed by atoms with Gasteiger partial charge in [0.2, 0.25) is 0 Å². The van der Waals surface area contributed by atoms with Crippen molar-refractivity contribution in [1.82, 2.24) is 0 Å². The number of halogens is 1. The van der Waals surface area contributed by atoms with Crippen LogP contribution in [-0.4, -0.2) is 6.35 Å². The van der Waals surface area contributed by atoms with E-state index >= 15 is 0 Å². The number of hydrogen-bond donors (Lipinski definition) is 0. The summed E-state index contributed by atoms with van der Waals surface area (Å²) in [4.78, 5) is 0. The summed E-state index contributed by atoms with van der Waals surface area (Å²) >= 11 is 3.50. The van der Waals surface area contributed by atoms with Crippen LogP contribution in [0.2, 0.25) is 0 Å². The zero-order valence-corrected chi connectivity index (χ0v) is 12.2. The lowest BCUT2D eigenvalue weighted by atomic mass is 10.2. The van der Waals surface area contributed by atoms with E-state index in [1.54, 1.807) is 0 Å². The van der Waals surface area contributed by atoms with E-state index in [0.717, 1.165) is 22.3 Å². The maximum Gasteiger partial charge on any atom is 0.145 e. The van der Waals surface area contributed by atoms with Crippen LogP contribution in [0.4, 0.5) is 0 Å². The monoisotopic (exact) mass is 322 g/mol. The van der Waals surface area contributed by atoms with Gasteiger partial charge in [0.15, 0.2) is 0 Å². The number of hydrogen-bond acceptors (Lipinski definition) is 2. The van der Waals surface area contributed by atoms with Crippen LogP contribution < -0.4 is 14.8 Å². The minimum absolute atomic E-state index is 0.597. The fourth-order valence-electron chi connectivity index (χ4n) is 1.88. The smallest absolute Gasteiger partial charge is 0.145 e. The first-order chi connectivity index (χ1) is 8.84. The van der Waals surface area contributed by atoms with E-state index in [1.807, 2.05) is 30.3 Å². The lowest BCUT2D eigenvalue weighted by Crippen LogP contribution is -2.04. The summed E-state index contributed by atoms with van der Waals surface area (Å²) in [5.74, 6) is 1.88. The molecule has 1 atom stereocenters. The average Bonchev–Trinajstić information content (AvgIpc) is 2.90. The summed E-state index contributed by atoms with van der Waals surface area (Å²) in [5.41, 5.74) is 1.18. The summed E-state index contributed by atoms with van der Waals surface area (Å²) in [6, 6.07) is 14.2. The van der Waals surface area contributed by atoms with Crippen molar-refractivity contribution in [2.24, 2.45) is 0 Å². The third-order valence-corrected chi connectivity index (χ3v) is 4.51. The van der Waals surface area contributed by atoms with Crippen molar-refractivity contribution in [2.45, 2.75) is 6.61 Å². The molecule has 0 aromatic heterocycles. The first-order valence-electron chi connectivity index (χ1n) is 5.70. The molecule has 1 aliphatic heterocycles. The molecule has 0 saturated carbocycles. The Kier molecular flexibility index (Phi) is 3.53. The van der Waals surface area contributed by atoms with Crippen molar-refractivity contribution >= 4 is 29.8 Å². The van der Waals surface area contributed by atoms with Crippen LogP contribution in [0, 0.1) is 0 Å². The van der Waals surface area contributed by atoms with Crippen LogP contribution in [0.5, 0.6) is 11.5 Å². The molecule has 0 fully saturated rings. The first-order valence-corrected chi connectivity index (χ1v) is 7.70. The molecule has 1 unspecified atom stereocenters. The van der Waals surface area contributed by atoms with Gasteiger partial charge < -0.3 is 9.47 Å². The van der Waals surface area contributed by atoms with E-state index in [1.165, 1.54) is 10.9 Å². The van der Waals surface area contributed by atoms with Crippen molar-refractivity contribution in [1.29, 1.82) is 0 Å². The molecule has 0 aliphatic carbocycles. The van der Waals surface area contributed by atoms with Crippen molar-refractivity contribution < 1.29 is 9.47 Å². The van der Waals surface area contributed by atoms with Gasteiger partial charge in [0.05, 0.1) is 9.78 Å². The molecule has 4 heteroatoms. The molecule has 0 saturated heterocycles. The molecule has 0 amide bonds. The van der Waals surface area contributed by atoms with Crippen LogP contribution in [0.25, 0.3) is 0 Å². The zero-order chi connectivity index (χ0) is 12.4. The maximum atomic E-state index is 5.90. The third-order valence-electron chi connectivity index (χ3n) is 2.77. The molecule has 92 valence electrons. The fourth-order valence-corrected chi connectivity index (χ4v) is 3.57. The Labute approximate surface area is 116 Å². The highest BCUT2D eigenvalue weighted by atomic mass is 79.9. The van der Waals surface area contributed by atoms with Gasteiger partial charge in [-0.2, -0.15) is 0 Å². The lowest BCUT2D eigenvalue weighted by Gasteiger charge is -2.10. The lowest BCUT2D eigenvalue weighted by molar-refractivity contribution is 0.307. The van der Waals surface area contributed by atoms with E-state index in [0.29, 0.717) is 15.2 Å². The van der Waals surface area contributed by atoms with Crippen molar-refractivity contribution in [2.75, 3.05) is 6.35 Å². The highest BCUT2D eigenvalue weighted by Crippen LogP contribution is 2.38. The number of benzene rings is 2. The Morgan fingerprint density at radius 2 is 2.00 bits per heavy atom. The normalized spacial score (nSPS) is 14.3. The maximum absolute atomic E-state index is 5.90. The summed E-state index contributed by atoms with van der Waals surface area (Å²) < 4.78 is 12.5. The molecule has 18 heavy (non-hydrogen) atoms. The molecule has 0 radical (unpaired) electrons. The second-order valence-electron chi connectivity index (χ2n) is 3.99. The summed E-state index contributed by atoms with van der Waals surface area (Å²) in [6.45, 7) is 0.597. The zero-order valence-electron chi connectivity index (χ0n) is 9.65. The topological polar surface area (TPSA) is 18.5 Å². The second-order valence-corrected chi connectivity index (χ2v) is 5.99. The minimum Gasteiger partial charge on any atom is -0.488 e. The summed E-state index contributed by atoms with van der Waals surface area (Å²) in [7, 11) is 0.665. The van der Waals surface area contributed by atoms with Gasteiger partial charge in [-0.25, -0.2) is 0 Å². The van der Waals surface area contributed by atoms with E-state index < -0.39 is 0 Å². The van der Waals surface area contributed by atoms with Gasteiger partial charge in [-0.15, -0.1) is 0 Å². The van der Waals surface area contributed by atoms with E-state index in [9.17, 15) is 0 Å². The van der Waals surface area contributed by atoms with Gasteiger partial charge in [-0.05, 0) is 42.2 Å². The van der Waals surface area contributed by atoms with Gasteiger partial charge >= 0.3 is 0 Å². The molecule has 2 aromatic carbocycles. The number of rotatable bonds is 3. The third kappa shape index (κ3) is 2.38. The average molecular weight is 323 g/mol. The van der Waals surface area contributed by atoms with Gasteiger partial charge in [0, 0.05) is 0 Å².